The largest absolute Gasteiger partial charge is 0.383 e. The molecule has 0 unspecified atom stereocenters. The molecule has 2 rings (SSSR count). The number of thioether (sulfide) groups is 1. The predicted molar refractivity (Wildman–Crippen MR) is 101 cm³/mol. The first-order valence-corrected chi connectivity index (χ1v) is 8.89. The molecule has 0 atom stereocenters. The van der Waals surface area contributed by atoms with Gasteiger partial charge in [0.2, 0.25) is 5.91 Å². The number of non-ortho nitro benzene ring substituents is 1. The van der Waals surface area contributed by atoms with E-state index < -0.39 is 4.92 Å². The number of anilines is 1. The van der Waals surface area contributed by atoms with E-state index in [1.165, 1.54) is 35.0 Å². The van der Waals surface area contributed by atoms with Crippen LogP contribution in [-0.4, -0.2) is 29.7 Å². The maximum atomic E-state index is 11.9. The molecule has 2 N–H and O–H groups in total. The molecule has 0 bridgehead atoms. The van der Waals surface area contributed by atoms with Gasteiger partial charge in [-0.05, 0) is 49.2 Å². The molecule has 0 aromatic heterocycles. The minimum absolute atomic E-state index is 0.0197. The van der Waals surface area contributed by atoms with Crippen LogP contribution in [0.1, 0.15) is 11.1 Å². The first-order valence-electron chi connectivity index (χ1n) is 7.91. The van der Waals surface area contributed by atoms with E-state index in [2.05, 4.69) is 36.6 Å². The van der Waals surface area contributed by atoms with Gasteiger partial charge in [0.05, 0.1) is 10.7 Å². The van der Waals surface area contributed by atoms with Gasteiger partial charge in [0.25, 0.3) is 5.69 Å². The van der Waals surface area contributed by atoms with Crippen LogP contribution in [0.15, 0.2) is 47.4 Å². The summed E-state index contributed by atoms with van der Waals surface area (Å²) in [4.78, 5) is 23.1. The van der Waals surface area contributed by atoms with Gasteiger partial charge in [0.15, 0.2) is 0 Å². The first-order chi connectivity index (χ1) is 12.0. The molecule has 0 aliphatic carbocycles. The number of nitrogens with one attached hydrogen (secondary N) is 2. The molecule has 0 radical (unpaired) electrons. The number of nitro benzene ring substituents is 1. The number of rotatable bonds is 8. The number of benzene rings is 2. The van der Waals surface area contributed by atoms with Gasteiger partial charge in [-0.15, -0.1) is 11.8 Å². The molecule has 132 valence electrons. The number of nitrogens with zero attached hydrogens (tertiary/aromatic N) is 1. The summed E-state index contributed by atoms with van der Waals surface area (Å²) in [5.41, 5.74) is 3.30. The van der Waals surface area contributed by atoms with Gasteiger partial charge in [0, 0.05) is 35.8 Å². The van der Waals surface area contributed by atoms with E-state index in [1.54, 1.807) is 12.1 Å². The summed E-state index contributed by atoms with van der Waals surface area (Å²) >= 11 is 1.51. The van der Waals surface area contributed by atoms with E-state index >= 15 is 0 Å². The van der Waals surface area contributed by atoms with Crippen molar-refractivity contribution in [3.8, 4) is 0 Å². The summed E-state index contributed by atoms with van der Waals surface area (Å²) in [6.07, 6.45) is 0. The average molecular weight is 359 g/mol. The van der Waals surface area contributed by atoms with Gasteiger partial charge in [0.1, 0.15) is 0 Å². The van der Waals surface area contributed by atoms with Crippen molar-refractivity contribution in [1.29, 1.82) is 0 Å². The van der Waals surface area contributed by atoms with E-state index in [0.29, 0.717) is 18.8 Å². The molecule has 0 aliphatic rings. The zero-order valence-electron chi connectivity index (χ0n) is 14.2. The summed E-state index contributed by atoms with van der Waals surface area (Å²) in [5, 5.41) is 16.5. The second-order valence-corrected chi connectivity index (χ2v) is 6.66. The highest BCUT2D eigenvalue weighted by Gasteiger charge is 2.05. The predicted octanol–water partition coefficient (Wildman–Crippen LogP) is 3.53. The quantitative estimate of drug-likeness (QED) is 0.326. The number of hydrogen-bond acceptors (Lipinski definition) is 5. The number of aryl methyl sites for hydroxylation is 2. The van der Waals surface area contributed by atoms with Crippen LogP contribution in [0, 0.1) is 24.0 Å². The summed E-state index contributed by atoms with van der Waals surface area (Å²) in [7, 11) is 0. The van der Waals surface area contributed by atoms with Crippen molar-refractivity contribution in [3.63, 3.8) is 0 Å². The minimum atomic E-state index is -0.433. The van der Waals surface area contributed by atoms with Crippen LogP contribution in [0.3, 0.4) is 0 Å². The van der Waals surface area contributed by atoms with Crippen molar-refractivity contribution in [3.05, 3.63) is 63.7 Å². The van der Waals surface area contributed by atoms with Gasteiger partial charge in [-0.25, -0.2) is 0 Å². The molecule has 25 heavy (non-hydrogen) atoms. The molecule has 6 nitrogen and oxygen atoms in total. The Labute approximate surface area is 151 Å². The summed E-state index contributed by atoms with van der Waals surface area (Å²) in [6, 6.07) is 12.4. The highest BCUT2D eigenvalue weighted by molar-refractivity contribution is 8.00. The van der Waals surface area contributed by atoms with Crippen LogP contribution < -0.4 is 10.6 Å². The van der Waals surface area contributed by atoms with Gasteiger partial charge in [-0.2, -0.15) is 0 Å². The summed E-state index contributed by atoms with van der Waals surface area (Å²) in [5.74, 6) is 0.355. The van der Waals surface area contributed by atoms with E-state index in [4.69, 9.17) is 0 Å². The third kappa shape index (κ3) is 6.11. The lowest BCUT2D eigenvalue weighted by molar-refractivity contribution is -0.384. The van der Waals surface area contributed by atoms with Crippen molar-refractivity contribution in [2.75, 3.05) is 24.2 Å². The molecule has 7 heteroatoms. The van der Waals surface area contributed by atoms with E-state index in [9.17, 15) is 14.9 Å². The Kier molecular flexibility index (Phi) is 6.82. The third-order valence-electron chi connectivity index (χ3n) is 3.70. The van der Waals surface area contributed by atoms with Crippen molar-refractivity contribution in [2.45, 2.75) is 18.7 Å². The first kappa shape index (κ1) is 18.8. The van der Waals surface area contributed by atoms with Gasteiger partial charge in [-0.3, -0.25) is 14.9 Å². The molecular formula is C18H21N3O3S. The molecule has 0 saturated heterocycles. The SMILES string of the molecule is Cc1ccc(SCC(=O)NCCNc2ccc([N+](=O)[O-])cc2)cc1C. The molecule has 0 saturated carbocycles. The highest BCUT2D eigenvalue weighted by Crippen LogP contribution is 2.20. The fourth-order valence-corrected chi connectivity index (χ4v) is 2.94. The number of carbonyl (C=O) groups is 1. The number of hydrogen-bond donors (Lipinski definition) is 2. The number of amides is 1. The van der Waals surface area contributed by atoms with Crippen LogP contribution in [0.5, 0.6) is 0 Å². The smallest absolute Gasteiger partial charge is 0.269 e. The zero-order chi connectivity index (χ0) is 18.2. The molecule has 0 heterocycles. The molecule has 2 aromatic rings. The second-order valence-electron chi connectivity index (χ2n) is 5.62. The maximum Gasteiger partial charge on any atom is 0.269 e. The van der Waals surface area contributed by atoms with Crippen LogP contribution >= 0.6 is 11.8 Å². The number of nitro groups is 1. The number of carbonyl (C=O) groups excluding carboxylic acids is 1. The van der Waals surface area contributed by atoms with Crippen molar-refractivity contribution >= 4 is 29.0 Å². The zero-order valence-corrected chi connectivity index (χ0v) is 15.1. The second kappa shape index (κ2) is 9.08. The van der Waals surface area contributed by atoms with E-state index in [1.807, 2.05) is 6.07 Å². The van der Waals surface area contributed by atoms with Gasteiger partial charge >= 0.3 is 0 Å². The van der Waals surface area contributed by atoms with Crippen LogP contribution in [-0.2, 0) is 4.79 Å². The van der Waals surface area contributed by atoms with Crippen molar-refractivity contribution in [2.24, 2.45) is 0 Å². The summed E-state index contributed by atoms with van der Waals surface area (Å²) in [6.45, 7) is 5.17. The van der Waals surface area contributed by atoms with Crippen molar-refractivity contribution in [1.82, 2.24) is 5.32 Å². The molecule has 0 fully saturated rings. The fourth-order valence-electron chi connectivity index (χ4n) is 2.11. The fraction of sp³-hybridized carbons (Fsp3) is 0.278. The van der Waals surface area contributed by atoms with Crippen molar-refractivity contribution < 1.29 is 9.72 Å². The Morgan fingerprint density at radius 1 is 1.08 bits per heavy atom. The standard InChI is InChI=1S/C18H21N3O3S/c1-13-3-8-17(11-14(13)2)25-12-18(22)20-10-9-19-15-4-6-16(7-5-15)21(23)24/h3-8,11,19H,9-10,12H2,1-2H3,(H,20,22). The topological polar surface area (TPSA) is 84.3 Å². The Morgan fingerprint density at radius 2 is 1.80 bits per heavy atom. The average Bonchev–Trinajstić information content (AvgIpc) is 2.60. The Hall–Kier alpha value is -2.54. The third-order valence-corrected chi connectivity index (χ3v) is 4.70. The van der Waals surface area contributed by atoms with Crippen LogP contribution in [0.2, 0.25) is 0 Å². The Bertz CT molecular complexity index is 748. The van der Waals surface area contributed by atoms with E-state index in [-0.39, 0.29) is 11.6 Å². The normalized spacial score (nSPS) is 10.3. The molecule has 0 aliphatic heterocycles. The van der Waals surface area contributed by atoms with Crippen LogP contribution in [0.25, 0.3) is 0 Å². The maximum absolute atomic E-state index is 11.9. The molecule has 0 spiro atoms. The Balaban J connectivity index is 1.66. The molecule has 1 amide bonds. The lowest BCUT2D eigenvalue weighted by Crippen LogP contribution is -2.30. The summed E-state index contributed by atoms with van der Waals surface area (Å²) < 4.78 is 0. The monoisotopic (exact) mass is 359 g/mol. The molecular weight excluding hydrogens is 338 g/mol. The van der Waals surface area contributed by atoms with Gasteiger partial charge in [-0.1, -0.05) is 6.07 Å². The lowest BCUT2D eigenvalue weighted by Gasteiger charge is -2.08. The highest BCUT2D eigenvalue weighted by atomic mass is 32.2. The van der Waals surface area contributed by atoms with Gasteiger partial charge < -0.3 is 10.6 Å². The Morgan fingerprint density at radius 3 is 2.44 bits per heavy atom. The van der Waals surface area contributed by atoms with E-state index in [0.717, 1.165) is 10.6 Å². The van der Waals surface area contributed by atoms with Crippen LogP contribution in [0.4, 0.5) is 11.4 Å². The minimum Gasteiger partial charge on any atom is -0.383 e. The molecule has 2 aromatic carbocycles. The lowest BCUT2D eigenvalue weighted by atomic mass is 10.1.